The zero-order valence-corrected chi connectivity index (χ0v) is 11.9. The van der Waals surface area contributed by atoms with E-state index < -0.39 is 0 Å². The molecule has 0 N–H and O–H groups in total. The summed E-state index contributed by atoms with van der Waals surface area (Å²) in [5.74, 6) is 1.51. The van der Waals surface area contributed by atoms with Crippen molar-refractivity contribution >= 4 is 39.9 Å². The Morgan fingerprint density at radius 3 is 2.88 bits per heavy atom. The highest BCUT2D eigenvalue weighted by molar-refractivity contribution is 9.10. The molecule has 0 fully saturated rings. The average molecular weight is 316 g/mol. The number of thiazole rings is 1. The predicted molar refractivity (Wildman–Crippen MR) is 74.5 cm³/mol. The molecule has 2 aromatic rings. The molecule has 2 nitrogen and oxygen atoms in total. The van der Waals surface area contributed by atoms with Crippen LogP contribution >= 0.6 is 39.9 Å². The third kappa shape index (κ3) is 2.42. The summed E-state index contributed by atoms with van der Waals surface area (Å²) in [5, 5.41) is 3.07. The van der Waals surface area contributed by atoms with Gasteiger partial charge in [-0.25, -0.2) is 4.98 Å². The molecule has 0 saturated carbocycles. The van der Waals surface area contributed by atoms with E-state index in [1.807, 2.05) is 23.6 Å². The molecule has 0 spiro atoms. The maximum Gasteiger partial charge on any atom is 0.133 e. The second-order valence-electron chi connectivity index (χ2n) is 3.13. The summed E-state index contributed by atoms with van der Waals surface area (Å²) < 4.78 is 6.12. The van der Waals surface area contributed by atoms with E-state index in [1.165, 1.54) is 0 Å². The lowest BCUT2D eigenvalue weighted by molar-refractivity contribution is 0.412. The number of thiol groups is 1. The Kier molecular flexibility index (Phi) is 3.89. The molecule has 16 heavy (non-hydrogen) atoms. The lowest BCUT2D eigenvalue weighted by Crippen LogP contribution is -1.85. The van der Waals surface area contributed by atoms with Crippen molar-refractivity contribution < 1.29 is 4.74 Å². The maximum absolute atomic E-state index is 5.19. The van der Waals surface area contributed by atoms with Crippen LogP contribution in [0.1, 0.15) is 5.01 Å². The third-order valence-corrected chi connectivity index (χ3v) is 4.12. The van der Waals surface area contributed by atoms with Gasteiger partial charge in [-0.15, -0.1) is 11.3 Å². The molecule has 1 aromatic carbocycles. The Hall–Kier alpha value is -0.520. The van der Waals surface area contributed by atoms with E-state index in [-0.39, 0.29) is 0 Å². The number of methoxy groups -OCH3 is 1. The first-order valence-electron chi connectivity index (χ1n) is 4.63. The van der Waals surface area contributed by atoms with E-state index in [2.05, 4.69) is 33.5 Å². The SMILES string of the molecule is COc1ccc(-c2csc(CS)n2)cc1Br. The van der Waals surface area contributed by atoms with Crippen LogP contribution in [0.15, 0.2) is 28.1 Å². The van der Waals surface area contributed by atoms with Crippen LogP contribution < -0.4 is 4.74 Å². The van der Waals surface area contributed by atoms with Crippen LogP contribution in [0.4, 0.5) is 0 Å². The first-order valence-corrected chi connectivity index (χ1v) is 6.94. The van der Waals surface area contributed by atoms with Gasteiger partial charge in [-0.3, -0.25) is 0 Å². The minimum atomic E-state index is 0.683. The zero-order valence-electron chi connectivity index (χ0n) is 8.61. The Morgan fingerprint density at radius 2 is 2.31 bits per heavy atom. The molecule has 84 valence electrons. The predicted octanol–water partition coefficient (Wildman–Crippen LogP) is 4.01. The molecule has 5 heteroatoms. The molecule has 0 atom stereocenters. The fraction of sp³-hybridized carbons (Fsp3) is 0.182. The second-order valence-corrected chi connectivity index (χ2v) is 5.25. The lowest BCUT2D eigenvalue weighted by Gasteiger charge is -2.04. The van der Waals surface area contributed by atoms with Crippen molar-refractivity contribution in [3.05, 3.63) is 33.1 Å². The van der Waals surface area contributed by atoms with Crippen LogP contribution in [0.25, 0.3) is 11.3 Å². The molecule has 2 rings (SSSR count). The normalized spacial score (nSPS) is 10.4. The summed E-state index contributed by atoms with van der Waals surface area (Å²) in [6, 6.07) is 5.94. The number of hydrogen-bond acceptors (Lipinski definition) is 4. The number of hydrogen-bond donors (Lipinski definition) is 1. The molecule has 0 saturated heterocycles. The third-order valence-electron chi connectivity index (χ3n) is 2.13. The van der Waals surface area contributed by atoms with Crippen molar-refractivity contribution in [2.45, 2.75) is 5.75 Å². The van der Waals surface area contributed by atoms with Crippen LogP contribution in [0.5, 0.6) is 5.75 Å². The van der Waals surface area contributed by atoms with Crippen LogP contribution in [-0.4, -0.2) is 12.1 Å². The number of rotatable bonds is 3. The van der Waals surface area contributed by atoms with E-state index in [9.17, 15) is 0 Å². The van der Waals surface area contributed by atoms with Crippen LogP contribution in [-0.2, 0) is 5.75 Å². The van der Waals surface area contributed by atoms with Crippen molar-refractivity contribution in [1.82, 2.24) is 4.98 Å². The summed E-state index contributed by atoms with van der Waals surface area (Å²) in [7, 11) is 1.65. The van der Waals surface area contributed by atoms with E-state index >= 15 is 0 Å². The van der Waals surface area contributed by atoms with Gasteiger partial charge in [-0.2, -0.15) is 12.6 Å². The summed E-state index contributed by atoms with van der Waals surface area (Å²) in [6.07, 6.45) is 0. The molecular formula is C11H10BrNOS2. The topological polar surface area (TPSA) is 22.1 Å². The number of ether oxygens (including phenoxy) is 1. The number of aromatic nitrogens is 1. The van der Waals surface area contributed by atoms with Gasteiger partial charge in [0.05, 0.1) is 17.3 Å². The van der Waals surface area contributed by atoms with Crippen molar-refractivity contribution in [2.75, 3.05) is 7.11 Å². The van der Waals surface area contributed by atoms with Gasteiger partial charge in [0.15, 0.2) is 0 Å². The molecule has 0 aliphatic heterocycles. The van der Waals surface area contributed by atoms with Crippen molar-refractivity contribution in [3.8, 4) is 17.0 Å². The van der Waals surface area contributed by atoms with Gasteiger partial charge < -0.3 is 4.74 Å². The van der Waals surface area contributed by atoms with Gasteiger partial charge >= 0.3 is 0 Å². The number of benzene rings is 1. The van der Waals surface area contributed by atoms with Gasteiger partial charge in [0.2, 0.25) is 0 Å². The van der Waals surface area contributed by atoms with Gasteiger partial charge in [0.1, 0.15) is 10.8 Å². The molecule has 1 heterocycles. The van der Waals surface area contributed by atoms with Gasteiger partial charge in [0, 0.05) is 16.7 Å². The fourth-order valence-electron chi connectivity index (χ4n) is 1.34. The van der Waals surface area contributed by atoms with Gasteiger partial charge in [-0.1, -0.05) is 0 Å². The highest BCUT2D eigenvalue weighted by Crippen LogP contribution is 2.31. The second kappa shape index (κ2) is 5.21. The van der Waals surface area contributed by atoms with Crippen molar-refractivity contribution in [3.63, 3.8) is 0 Å². The largest absolute Gasteiger partial charge is 0.496 e. The number of halogens is 1. The van der Waals surface area contributed by atoms with E-state index in [0.717, 1.165) is 26.5 Å². The summed E-state index contributed by atoms with van der Waals surface area (Å²) in [4.78, 5) is 4.48. The van der Waals surface area contributed by atoms with Gasteiger partial charge in [-0.05, 0) is 34.1 Å². The van der Waals surface area contributed by atoms with Crippen LogP contribution in [0.2, 0.25) is 0 Å². The maximum atomic E-state index is 5.19. The van der Waals surface area contributed by atoms with Crippen LogP contribution in [0.3, 0.4) is 0 Å². The molecule has 0 amide bonds. The molecule has 0 radical (unpaired) electrons. The van der Waals surface area contributed by atoms with E-state index in [1.54, 1.807) is 18.4 Å². The fourth-order valence-corrected chi connectivity index (χ4v) is 2.84. The highest BCUT2D eigenvalue weighted by Gasteiger charge is 2.06. The standard InChI is InChI=1S/C11H10BrNOS2/c1-14-10-3-2-7(4-8(10)12)9-6-16-11(5-15)13-9/h2-4,6,15H,5H2,1H3. The van der Waals surface area contributed by atoms with Gasteiger partial charge in [0.25, 0.3) is 0 Å². The molecule has 0 bridgehead atoms. The van der Waals surface area contributed by atoms with Crippen molar-refractivity contribution in [1.29, 1.82) is 0 Å². The highest BCUT2D eigenvalue weighted by atomic mass is 79.9. The smallest absolute Gasteiger partial charge is 0.133 e. The molecule has 1 aromatic heterocycles. The first kappa shape index (κ1) is 12.0. The minimum Gasteiger partial charge on any atom is -0.496 e. The molecular weight excluding hydrogens is 306 g/mol. The molecule has 0 unspecified atom stereocenters. The molecule has 0 aliphatic carbocycles. The number of nitrogens with zero attached hydrogens (tertiary/aromatic N) is 1. The molecule has 0 aliphatic rings. The summed E-state index contributed by atoms with van der Waals surface area (Å²) >= 11 is 9.30. The van der Waals surface area contributed by atoms with E-state index in [0.29, 0.717) is 5.75 Å². The van der Waals surface area contributed by atoms with Crippen LogP contribution in [0, 0.1) is 0 Å². The Labute approximate surface area is 112 Å². The van der Waals surface area contributed by atoms with Crippen molar-refractivity contribution in [2.24, 2.45) is 0 Å². The Bertz CT molecular complexity index is 498. The first-order chi connectivity index (χ1) is 7.74. The summed E-state index contributed by atoms with van der Waals surface area (Å²) in [5.41, 5.74) is 2.06. The zero-order chi connectivity index (χ0) is 11.5. The minimum absolute atomic E-state index is 0.683. The Balaban J connectivity index is 2.37. The summed E-state index contributed by atoms with van der Waals surface area (Å²) in [6.45, 7) is 0. The Morgan fingerprint density at radius 1 is 1.50 bits per heavy atom. The average Bonchev–Trinajstić information content (AvgIpc) is 2.77. The quantitative estimate of drug-likeness (QED) is 0.864. The van der Waals surface area contributed by atoms with E-state index in [4.69, 9.17) is 4.74 Å². The monoisotopic (exact) mass is 315 g/mol. The lowest BCUT2D eigenvalue weighted by atomic mass is 10.2.